The second-order valence-corrected chi connectivity index (χ2v) is 3.28. The van der Waals surface area contributed by atoms with E-state index in [-0.39, 0.29) is 19.6 Å². The second-order valence-electron chi connectivity index (χ2n) is 3.28. The average molecular weight is 177 g/mol. The van der Waals surface area contributed by atoms with Crippen molar-refractivity contribution in [1.82, 2.24) is 0 Å². The first kappa shape index (κ1) is 11.4. The van der Waals surface area contributed by atoms with E-state index >= 15 is 0 Å². The summed E-state index contributed by atoms with van der Waals surface area (Å²) in [6, 6.07) is -1.03. The standard InChI is InChI=1S/C7H15NO4/c1-7(3-9,4-10)2-5(8)6(11)12/h5,9-10H,2-4,8H2,1H3,(H,11,12). The van der Waals surface area contributed by atoms with Gasteiger partial charge in [-0.05, 0) is 6.42 Å². The Balaban J connectivity index is 4.11. The lowest BCUT2D eigenvalue weighted by atomic mass is 9.85. The minimum atomic E-state index is -1.12. The van der Waals surface area contributed by atoms with Crippen LogP contribution in [0.2, 0.25) is 0 Å². The zero-order valence-electron chi connectivity index (χ0n) is 7.03. The quantitative estimate of drug-likeness (QED) is 0.421. The summed E-state index contributed by atoms with van der Waals surface area (Å²) in [5.74, 6) is -1.12. The van der Waals surface area contributed by atoms with Crippen molar-refractivity contribution in [2.75, 3.05) is 13.2 Å². The molecular weight excluding hydrogens is 162 g/mol. The van der Waals surface area contributed by atoms with Crippen LogP contribution in [0, 0.1) is 5.41 Å². The summed E-state index contributed by atoms with van der Waals surface area (Å²) in [6.07, 6.45) is 0.0648. The van der Waals surface area contributed by atoms with Crippen LogP contribution in [0.5, 0.6) is 0 Å². The highest BCUT2D eigenvalue weighted by atomic mass is 16.4. The Morgan fingerprint density at radius 3 is 2.17 bits per heavy atom. The smallest absolute Gasteiger partial charge is 0.320 e. The topological polar surface area (TPSA) is 104 Å². The van der Waals surface area contributed by atoms with E-state index in [9.17, 15) is 4.79 Å². The van der Waals surface area contributed by atoms with Gasteiger partial charge in [0.25, 0.3) is 0 Å². The third kappa shape index (κ3) is 3.17. The van der Waals surface area contributed by atoms with Crippen molar-refractivity contribution in [2.24, 2.45) is 11.1 Å². The summed E-state index contributed by atoms with van der Waals surface area (Å²) >= 11 is 0. The number of rotatable bonds is 5. The molecule has 0 aliphatic heterocycles. The average Bonchev–Trinajstić information content (AvgIpc) is 2.04. The Bertz CT molecular complexity index is 155. The fourth-order valence-corrected chi connectivity index (χ4v) is 0.797. The lowest BCUT2D eigenvalue weighted by Gasteiger charge is -2.25. The Labute approximate surface area is 70.8 Å². The fourth-order valence-electron chi connectivity index (χ4n) is 0.797. The van der Waals surface area contributed by atoms with Gasteiger partial charge in [0.1, 0.15) is 6.04 Å². The second kappa shape index (κ2) is 4.39. The molecule has 0 aliphatic rings. The van der Waals surface area contributed by atoms with Gasteiger partial charge in [0, 0.05) is 5.41 Å². The van der Waals surface area contributed by atoms with Crippen LogP contribution in [-0.2, 0) is 4.79 Å². The van der Waals surface area contributed by atoms with E-state index in [1.807, 2.05) is 0 Å². The predicted molar refractivity (Wildman–Crippen MR) is 42.5 cm³/mol. The lowest BCUT2D eigenvalue weighted by molar-refractivity contribution is -0.139. The molecular formula is C7H15NO4. The van der Waals surface area contributed by atoms with Gasteiger partial charge in [0.2, 0.25) is 0 Å². The van der Waals surface area contributed by atoms with Gasteiger partial charge in [0.15, 0.2) is 0 Å². The molecule has 72 valence electrons. The van der Waals surface area contributed by atoms with Crippen molar-refractivity contribution in [1.29, 1.82) is 0 Å². The van der Waals surface area contributed by atoms with E-state index in [0.29, 0.717) is 0 Å². The van der Waals surface area contributed by atoms with E-state index in [1.165, 1.54) is 0 Å². The van der Waals surface area contributed by atoms with Crippen molar-refractivity contribution in [3.8, 4) is 0 Å². The molecule has 1 atom stereocenters. The normalized spacial score (nSPS) is 14.3. The van der Waals surface area contributed by atoms with Gasteiger partial charge >= 0.3 is 5.97 Å². The van der Waals surface area contributed by atoms with Crippen molar-refractivity contribution in [2.45, 2.75) is 19.4 Å². The maximum Gasteiger partial charge on any atom is 0.320 e. The first-order valence-corrected chi connectivity index (χ1v) is 3.65. The van der Waals surface area contributed by atoms with E-state index in [1.54, 1.807) is 6.92 Å². The van der Waals surface area contributed by atoms with Gasteiger partial charge in [-0.25, -0.2) is 0 Å². The van der Waals surface area contributed by atoms with Crippen molar-refractivity contribution in [3.05, 3.63) is 0 Å². The van der Waals surface area contributed by atoms with E-state index in [4.69, 9.17) is 21.1 Å². The largest absolute Gasteiger partial charge is 0.480 e. The van der Waals surface area contributed by atoms with Crippen LogP contribution in [0.3, 0.4) is 0 Å². The minimum Gasteiger partial charge on any atom is -0.480 e. The van der Waals surface area contributed by atoms with Crippen molar-refractivity contribution < 1.29 is 20.1 Å². The summed E-state index contributed by atoms with van der Waals surface area (Å²) < 4.78 is 0. The molecule has 0 bridgehead atoms. The molecule has 0 aliphatic carbocycles. The van der Waals surface area contributed by atoms with E-state index in [2.05, 4.69) is 0 Å². The molecule has 0 aromatic rings. The van der Waals surface area contributed by atoms with Gasteiger partial charge in [-0.1, -0.05) is 6.92 Å². The summed E-state index contributed by atoms with van der Waals surface area (Å²) in [6.45, 7) is 1.03. The molecule has 0 aromatic heterocycles. The summed E-state index contributed by atoms with van der Waals surface area (Å²) in [7, 11) is 0. The van der Waals surface area contributed by atoms with Crippen LogP contribution >= 0.6 is 0 Å². The maximum absolute atomic E-state index is 10.3. The van der Waals surface area contributed by atoms with E-state index in [0.717, 1.165) is 0 Å². The van der Waals surface area contributed by atoms with Gasteiger partial charge in [-0.15, -0.1) is 0 Å². The molecule has 5 N–H and O–H groups in total. The molecule has 0 amide bonds. The van der Waals surface area contributed by atoms with Crippen molar-refractivity contribution >= 4 is 5.97 Å². The third-order valence-corrected chi connectivity index (χ3v) is 1.79. The Morgan fingerprint density at radius 2 is 1.92 bits per heavy atom. The molecule has 0 radical (unpaired) electrons. The minimum absolute atomic E-state index is 0.0648. The molecule has 0 rings (SSSR count). The zero-order chi connectivity index (χ0) is 9.78. The predicted octanol–water partition coefficient (Wildman–Crippen LogP) is -1.22. The van der Waals surface area contributed by atoms with Gasteiger partial charge in [-0.3, -0.25) is 4.79 Å². The molecule has 0 aromatic carbocycles. The number of aliphatic hydroxyl groups excluding tert-OH is 2. The SMILES string of the molecule is CC(CO)(CO)CC(N)C(=O)O. The summed E-state index contributed by atoms with van der Waals surface area (Å²) in [5, 5.41) is 26.1. The number of aliphatic hydroxyl groups is 2. The molecule has 5 heteroatoms. The lowest BCUT2D eigenvalue weighted by Crippen LogP contribution is -2.39. The molecule has 0 saturated carbocycles. The summed E-state index contributed by atoms with van der Waals surface area (Å²) in [4.78, 5) is 10.3. The molecule has 0 fully saturated rings. The highest BCUT2D eigenvalue weighted by molar-refractivity contribution is 5.73. The van der Waals surface area contributed by atoms with Crippen LogP contribution in [-0.4, -0.2) is 40.5 Å². The zero-order valence-corrected chi connectivity index (χ0v) is 7.03. The van der Waals surface area contributed by atoms with Crippen LogP contribution in [0.25, 0.3) is 0 Å². The Kier molecular flexibility index (Phi) is 4.16. The van der Waals surface area contributed by atoms with Crippen LogP contribution < -0.4 is 5.73 Å². The summed E-state index contributed by atoms with van der Waals surface area (Å²) in [5.41, 5.74) is 4.42. The molecule has 0 saturated heterocycles. The van der Waals surface area contributed by atoms with Crippen molar-refractivity contribution in [3.63, 3.8) is 0 Å². The molecule has 0 heterocycles. The number of carboxylic acids is 1. The van der Waals surface area contributed by atoms with Gasteiger partial charge in [0.05, 0.1) is 13.2 Å². The number of carboxylic acid groups (broad SMARTS) is 1. The molecule has 12 heavy (non-hydrogen) atoms. The third-order valence-electron chi connectivity index (χ3n) is 1.79. The number of hydrogen-bond donors (Lipinski definition) is 4. The highest BCUT2D eigenvalue weighted by Crippen LogP contribution is 2.20. The number of carbonyl (C=O) groups is 1. The van der Waals surface area contributed by atoms with Gasteiger partial charge in [-0.2, -0.15) is 0 Å². The highest BCUT2D eigenvalue weighted by Gasteiger charge is 2.28. The molecule has 1 unspecified atom stereocenters. The fraction of sp³-hybridized carbons (Fsp3) is 0.857. The number of aliphatic carboxylic acids is 1. The number of nitrogens with two attached hydrogens (primary N) is 1. The van der Waals surface area contributed by atoms with Crippen LogP contribution in [0.1, 0.15) is 13.3 Å². The first-order valence-electron chi connectivity index (χ1n) is 3.65. The molecule has 0 spiro atoms. The van der Waals surface area contributed by atoms with Crippen LogP contribution in [0.4, 0.5) is 0 Å². The number of hydrogen-bond acceptors (Lipinski definition) is 4. The Morgan fingerprint density at radius 1 is 1.50 bits per heavy atom. The van der Waals surface area contributed by atoms with E-state index < -0.39 is 17.4 Å². The Hall–Kier alpha value is -0.650. The molecule has 5 nitrogen and oxygen atoms in total. The van der Waals surface area contributed by atoms with Gasteiger partial charge < -0.3 is 21.1 Å². The first-order chi connectivity index (χ1) is 5.45. The monoisotopic (exact) mass is 177 g/mol. The maximum atomic E-state index is 10.3. The van der Waals surface area contributed by atoms with Crippen LogP contribution in [0.15, 0.2) is 0 Å².